The average Bonchev–Trinajstić information content (AvgIpc) is 2.63. The van der Waals surface area contributed by atoms with Crippen molar-refractivity contribution in [3.8, 4) is 0 Å². The molecule has 0 heterocycles. The molecule has 1 saturated carbocycles. The van der Waals surface area contributed by atoms with Crippen molar-refractivity contribution >= 4 is 14.7 Å². The monoisotopic (exact) mass is 433 g/mol. The fourth-order valence-corrected chi connectivity index (χ4v) is 5.86. The largest absolute Gasteiger partial charge is 0.413 e. The van der Waals surface area contributed by atoms with Crippen molar-refractivity contribution in [2.24, 2.45) is 17.3 Å². The molecule has 1 aromatic carbocycles. The standard InChI is InChI=1S/C25H43NO3Si/c1-24(2,3)20-15-14-19(17-22(20)26(27)28)23(29-30(7)8)21(25(4,5)6)16-18-12-10-9-11-13-18/h14-15,17-18,21,23,30H,9-13,16H2,1-8H3. The minimum atomic E-state index is -1.34. The lowest BCUT2D eigenvalue weighted by Gasteiger charge is -2.41. The third kappa shape index (κ3) is 6.65. The second-order valence-electron chi connectivity index (χ2n) is 11.6. The number of hydrogen-bond acceptors (Lipinski definition) is 3. The van der Waals surface area contributed by atoms with E-state index in [0.717, 1.165) is 23.5 Å². The summed E-state index contributed by atoms with van der Waals surface area (Å²) in [5.74, 6) is 1.09. The van der Waals surface area contributed by atoms with Crippen molar-refractivity contribution in [1.29, 1.82) is 0 Å². The lowest BCUT2D eigenvalue weighted by Crippen LogP contribution is -2.33. The Morgan fingerprint density at radius 2 is 1.70 bits per heavy atom. The normalized spacial score (nSPS) is 18.4. The lowest BCUT2D eigenvalue weighted by molar-refractivity contribution is -0.386. The maximum atomic E-state index is 11.9. The van der Waals surface area contributed by atoms with E-state index in [1.54, 1.807) is 0 Å². The van der Waals surface area contributed by atoms with E-state index in [1.165, 1.54) is 32.1 Å². The summed E-state index contributed by atoms with van der Waals surface area (Å²) < 4.78 is 6.64. The Morgan fingerprint density at radius 1 is 1.10 bits per heavy atom. The maximum Gasteiger partial charge on any atom is 0.273 e. The van der Waals surface area contributed by atoms with E-state index in [0.29, 0.717) is 5.92 Å². The first kappa shape index (κ1) is 25.1. The van der Waals surface area contributed by atoms with E-state index in [2.05, 4.69) is 39.9 Å². The molecule has 2 rings (SSSR count). The molecule has 0 aliphatic heterocycles. The van der Waals surface area contributed by atoms with E-state index in [4.69, 9.17) is 4.43 Å². The Kier molecular flexibility index (Phi) is 8.31. The molecule has 0 spiro atoms. The van der Waals surface area contributed by atoms with Crippen molar-refractivity contribution in [3.63, 3.8) is 0 Å². The van der Waals surface area contributed by atoms with Crippen LogP contribution < -0.4 is 0 Å². The highest BCUT2D eigenvalue weighted by atomic mass is 28.3. The zero-order valence-corrected chi connectivity index (χ0v) is 21.6. The van der Waals surface area contributed by atoms with Crippen molar-refractivity contribution in [2.75, 3.05) is 0 Å². The molecular weight excluding hydrogens is 390 g/mol. The second-order valence-corrected chi connectivity index (χ2v) is 14.0. The molecule has 1 aliphatic rings. The number of nitro benzene ring substituents is 1. The van der Waals surface area contributed by atoms with Gasteiger partial charge in [-0.25, -0.2) is 0 Å². The van der Waals surface area contributed by atoms with Gasteiger partial charge in [-0.1, -0.05) is 85.8 Å². The van der Waals surface area contributed by atoms with Gasteiger partial charge in [0.2, 0.25) is 0 Å². The number of nitrogens with zero attached hydrogens (tertiary/aromatic N) is 1. The van der Waals surface area contributed by atoms with Gasteiger partial charge >= 0.3 is 0 Å². The molecule has 2 atom stereocenters. The van der Waals surface area contributed by atoms with Gasteiger partial charge < -0.3 is 4.43 Å². The predicted octanol–water partition coefficient (Wildman–Crippen LogP) is 7.57. The highest BCUT2D eigenvalue weighted by Gasteiger charge is 2.37. The van der Waals surface area contributed by atoms with E-state index in [9.17, 15) is 10.1 Å². The fraction of sp³-hybridized carbons (Fsp3) is 0.760. The topological polar surface area (TPSA) is 52.4 Å². The van der Waals surface area contributed by atoms with Crippen LogP contribution in [0.5, 0.6) is 0 Å². The van der Waals surface area contributed by atoms with Crippen LogP contribution in [0.4, 0.5) is 5.69 Å². The summed E-state index contributed by atoms with van der Waals surface area (Å²) in [6, 6.07) is 5.86. The van der Waals surface area contributed by atoms with Crippen molar-refractivity contribution < 1.29 is 9.35 Å². The first-order chi connectivity index (χ1) is 13.8. The SMILES string of the molecule is C[SiH](C)OC(c1ccc(C(C)(C)C)c([N+](=O)[O-])c1)C(CC1CCCCC1)C(C)(C)C. The highest BCUT2D eigenvalue weighted by molar-refractivity contribution is 6.48. The van der Waals surface area contributed by atoms with Gasteiger partial charge in [-0.2, -0.15) is 0 Å². The highest BCUT2D eigenvalue weighted by Crippen LogP contribution is 2.46. The molecule has 1 aliphatic carbocycles. The zero-order chi connectivity index (χ0) is 22.7. The van der Waals surface area contributed by atoms with Crippen molar-refractivity contribution in [2.45, 2.75) is 105 Å². The van der Waals surface area contributed by atoms with E-state index < -0.39 is 9.04 Å². The van der Waals surface area contributed by atoms with Crippen LogP contribution in [0.3, 0.4) is 0 Å². The molecule has 0 aromatic heterocycles. The van der Waals surface area contributed by atoms with Crippen molar-refractivity contribution in [3.05, 3.63) is 39.4 Å². The number of hydrogen-bond donors (Lipinski definition) is 0. The molecule has 0 amide bonds. The Hall–Kier alpha value is -1.20. The summed E-state index contributed by atoms with van der Waals surface area (Å²) in [7, 11) is -1.34. The maximum absolute atomic E-state index is 11.9. The Morgan fingerprint density at radius 3 is 2.17 bits per heavy atom. The predicted molar refractivity (Wildman–Crippen MR) is 129 cm³/mol. The minimum Gasteiger partial charge on any atom is -0.413 e. The van der Waals surface area contributed by atoms with Gasteiger partial charge in [-0.05, 0) is 47.7 Å². The molecule has 30 heavy (non-hydrogen) atoms. The number of nitro groups is 1. The van der Waals surface area contributed by atoms with Crippen LogP contribution in [0, 0.1) is 27.4 Å². The van der Waals surface area contributed by atoms with Gasteiger partial charge in [-0.15, -0.1) is 0 Å². The third-order valence-corrected chi connectivity index (χ3v) is 7.40. The Labute approximate surface area is 185 Å². The van der Waals surface area contributed by atoms with Crippen molar-refractivity contribution in [1.82, 2.24) is 0 Å². The lowest BCUT2D eigenvalue weighted by atomic mass is 9.69. The summed E-state index contributed by atoms with van der Waals surface area (Å²) in [6.45, 7) is 17.4. The second kappa shape index (κ2) is 9.95. The molecule has 5 heteroatoms. The molecule has 0 bridgehead atoms. The van der Waals surface area contributed by atoms with E-state index in [1.807, 2.05) is 32.9 Å². The first-order valence-electron chi connectivity index (χ1n) is 11.7. The molecule has 2 unspecified atom stereocenters. The molecule has 0 N–H and O–H groups in total. The van der Waals surface area contributed by atoms with E-state index >= 15 is 0 Å². The molecule has 4 nitrogen and oxygen atoms in total. The average molecular weight is 434 g/mol. The summed E-state index contributed by atoms with van der Waals surface area (Å²) in [5.41, 5.74) is 1.80. The quantitative estimate of drug-likeness (QED) is 0.253. The summed E-state index contributed by atoms with van der Waals surface area (Å²) >= 11 is 0. The Balaban J connectivity index is 2.50. The first-order valence-corrected chi connectivity index (χ1v) is 14.5. The summed E-state index contributed by atoms with van der Waals surface area (Å²) in [4.78, 5) is 11.7. The number of benzene rings is 1. The zero-order valence-electron chi connectivity index (χ0n) is 20.5. The third-order valence-electron chi connectivity index (χ3n) is 6.56. The smallest absolute Gasteiger partial charge is 0.273 e. The van der Waals surface area contributed by atoms with Crippen LogP contribution in [-0.2, 0) is 9.84 Å². The molecule has 170 valence electrons. The van der Waals surface area contributed by atoms with Crippen LogP contribution in [0.2, 0.25) is 13.1 Å². The molecule has 0 saturated heterocycles. The van der Waals surface area contributed by atoms with Crippen LogP contribution >= 0.6 is 0 Å². The molecular formula is C25H43NO3Si. The molecule has 0 radical (unpaired) electrons. The van der Waals surface area contributed by atoms with Gasteiger partial charge in [0.25, 0.3) is 5.69 Å². The van der Waals surface area contributed by atoms with Crippen LogP contribution in [0.15, 0.2) is 18.2 Å². The molecule has 1 aromatic rings. The van der Waals surface area contributed by atoms with E-state index in [-0.39, 0.29) is 27.5 Å². The van der Waals surface area contributed by atoms with Gasteiger partial charge in [0, 0.05) is 11.6 Å². The van der Waals surface area contributed by atoms with Crippen LogP contribution in [-0.4, -0.2) is 14.0 Å². The molecule has 1 fully saturated rings. The minimum absolute atomic E-state index is 0.0723. The number of rotatable bonds is 7. The summed E-state index contributed by atoms with van der Waals surface area (Å²) in [6.07, 6.45) is 7.70. The van der Waals surface area contributed by atoms with Crippen LogP contribution in [0.1, 0.15) is 97.3 Å². The Bertz CT molecular complexity index is 712. The fourth-order valence-electron chi connectivity index (χ4n) is 4.92. The summed E-state index contributed by atoms with van der Waals surface area (Å²) in [5, 5.41) is 11.9. The van der Waals surface area contributed by atoms with Gasteiger partial charge in [0.1, 0.15) is 0 Å². The van der Waals surface area contributed by atoms with Gasteiger partial charge in [0.15, 0.2) is 9.04 Å². The van der Waals surface area contributed by atoms with Crippen LogP contribution in [0.25, 0.3) is 0 Å². The van der Waals surface area contributed by atoms with Gasteiger partial charge in [-0.3, -0.25) is 10.1 Å². The van der Waals surface area contributed by atoms with Gasteiger partial charge in [0.05, 0.1) is 11.0 Å².